The van der Waals surface area contributed by atoms with Crippen LogP contribution in [0.1, 0.15) is 17.9 Å². The number of piperazine rings is 1. The Bertz CT molecular complexity index is 797. The number of aromatic nitrogens is 2. The topological polar surface area (TPSA) is 49.3 Å². The maximum absolute atomic E-state index is 13.0. The zero-order chi connectivity index (χ0) is 18.3. The number of anilines is 1. The standard InChI is InChI=1S/C19H21FN4OS/c1-12-7-18(22-13(2)21-12)23-9-15-8-16(10-23)24(15)19(25)11-26-17-5-3-14(20)4-6-17/h3-7,15-16H,8-11H2,1-2H3. The highest BCUT2D eigenvalue weighted by Crippen LogP contribution is 2.35. The second kappa shape index (κ2) is 6.87. The Morgan fingerprint density at radius 3 is 2.54 bits per heavy atom. The molecule has 2 bridgehead atoms. The molecule has 1 amide bonds. The van der Waals surface area contributed by atoms with Gasteiger partial charge in [-0.05, 0) is 44.5 Å². The van der Waals surface area contributed by atoms with Crippen LogP contribution in [0.3, 0.4) is 0 Å². The molecule has 3 saturated heterocycles. The molecular weight excluding hydrogens is 351 g/mol. The van der Waals surface area contributed by atoms with Crippen LogP contribution < -0.4 is 4.90 Å². The molecule has 5 rings (SSSR count). The minimum Gasteiger partial charge on any atom is -0.352 e. The number of hydrogen-bond acceptors (Lipinski definition) is 5. The monoisotopic (exact) mass is 372 g/mol. The van der Waals surface area contributed by atoms with E-state index in [1.807, 2.05) is 24.8 Å². The zero-order valence-corrected chi connectivity index (χ0v) is 15.7. The van der Waals surface area contributed by atoms with Gasteiger partial charge in [0.25, 0.3) is 0 Å². The first-order chi connectivity index (χ1) is 12.5. The van der Waals surface area contributed by atoms with Gasteiger partial charge in [-0.15, -0.1) is 11.8 Å². The van der Waals surface area contributed by atoms with Crippen molar-refractivity contribution in [3.05, 3.63) is 47.7 Å². The summed E-state index contributed by atoms with van der Waals surface area (Å²) < 4.78 is 13.0. The number of fused-ring (bicyclic) bond motifs is 2. The lowest BCUT2D eigenvalue weighted by atomic mass is 9.87. The van der Waals surface area contributed by atoms with Gasteiger partial charge in [0.1, 0.15) is 17.5 Å². The smallest absolute Gasteiger partial charge is 0.233 e. The molecule has 0 radical (unpaired) electrons. The van der Waals surface area contributed by atoms with Crippen molar-refractivity contribution in [1.82, 2.24) is 14.9 Å². The van der Waals surface area contributed by atoms with Gasteiger partial charge in [0.05, 0.1) is 17.8 Å². The Kier molecular flexibility index (Phi) is 4.56. The molecule has 0 N–H and O–H groups in total. The summed E-state index contributed by atoms with van der Waals surface area (Å²) in [6.07, 6.45) is 1.06. The number of rotatable bonds is 4. The maximum atomic E-state index is 13.0. The fourth-order valence-electron chi connectivity index (χ4n) is 3.81. The van der Waals surface area contributed by atoms with E-state index >= 15 is 0 Å². The lowest BCUT2D eigenvalue weighted by Crippen LogP contribution is -2.70. The molecular formula is C19H21FN4OS. The van der Waals surface area contributed by atoms with Crippen LogP contribution in [-0.2, 0) is 4.79 Å². The Morgan fingerprint density at radius 1 is 1.19 bits per heavy atom. The van der Waals surface area contributed by atoms with Crippen molar-refractivity contribution in [1.29, 1.82) is 0 Å². The number of aryl methyl sites for hydroxylation is 2. The van der Waals surface area contributed by atoms with E-state index in [9.17, 15) is 9.18 Å². The predicted molar refractivity (Wildman–Crippen MR) is 99.9 cm³/mol. The van der Waals surface area contributed by atoms with Crippen LogP contribution in [0.4, 0.5) is 10.2 Å². The molecule has 3 aliphatic heterocycles. The highest BCUT2D eigenvalue weighted by molar-refractivity contribution is 8.00. The van der Waals surface area contributed by atoms with Crippen molar-refractivity contribution in [3.63, 3.8) is 0 Å². The Morgan fingerprint density at radius 2 is 1.88 bits per heavy atom. The molecule has 0 saturated carbocycles. The molecule has 2 atom stereocenters. The molecule has 7 heteroatoms. The van der Waals surface area contributed by atoms with E-state index in [0.29, 0.717) is 5.75 Å². The van der Waals surface area contributed by atoms with Crippen LogP contribution in [0, 0.1) is 19.7 Å². The average Bonchev–Trinajstić information content (AvgIpc) is 2.60. The summed E-state index contributed by atoms with van der Waals surface area (Å²) in [5.41, 5.74) is 0.968. The van der Waals surface area contributed by atoms with Gasteiger partial charge in [0, 0.05) is 29.7 Å². The molecule has 0 spiro atoms. The van der Waals surface area contributed by atoms with E-state index in [0.717, 1.165) is 41.7 Å². The molecule has 4 heterocycles. The number of halogens is 1. The summed E-state index contributed by atoms with van der Waals surface area (Å²) in [5.74, 6) is 2.04. The number of thioether (sulfide) groups is 1. The molecule has 3 fully saturated rings. The van der Waals surface area contributed by atoms with Crippen LogP contribution in [0.2, 0.25) is 0 Å². The normalized spacial score (nSPS) is 21.5. The molecule has 1 aromatic carbocycles. The molecule has 26 heavy (non-hydrogen) atoms. The number of hydrogen-bond donors (Lipinski definition) is 0. The molecule has 0 aliphatic carbocycles. The van der Waals surface area contributed by atoms with Crippen molar-refractivity contribution in [3.8, 4) is 0 Å². The number of carbonyl (C=O) groups excluding carboxylic acids is 1. The van der Waals surface area contributed by atoms with E-state index in [-0.39, 0.29) is 23.8 Å². The molecule has 1 aromatic heterocycles. The van der Waals surface area contributed by atoms with E-state index in [2.05, 4.69) is 14.9 Å². The van der Waals surface area contributed by atoms with Gasteiger partial charge in [0.2, 0.25) is 5.91 Å². The van der Waals surface area contributed by atoms with Gasteiger partial charge in [-0.1, -0.05) is 0 Å². The second-order valence-electron chi connectivity index (χ2n) is 6.91. The molecule has 136 valence electrons. The van der Waals surface area contributed by atoms with E-state index in [1.54, 1.807) is 12.1 Å². The molecule has 5 nitrogen and oxygen atoms in total. The highest BCUT2D eigenvalue weighted by Gasteiger charge is 2.47. The average molecular weight is 372 g/mol. The first-order valence-corrected chi connectivity index (χ1v) is 9.75. The van der Waals surface area contributed by atoms with Crippen LogP contribution >= 0.6 is 11.8 Å². The summed E-state index contributed by atoms with van der Waals surface area (Å²) in [4.78, 5) is 26.7. The van der Waals surface area contributed by atoms with Gasteiger partial charge >= 0.3 is 0 Å². The van der Waals surface area contributed by atoms with E-state index in [1.165, 1.54) is 23.9 Å². The summed E-state index contributed by atoms with van der Waals surface area (Å²) in [7, 11) is 0. The van der Waals surface area contributed by atoms with Crippen molar-refractivity contribution in [2.75, 3.05) is 23.7 Å². The minimum absolute atomic E-state index is 0.162. The SMILES string of the molecule is Cc1cc(N2CC3CC(C2)N3C(=O)CSc2ccc(F)cc2)nc(C)n1. The first kappa shape index (κ1) is 17.3. The molecule has 2 aromatic rings. The number of piperidine rings is 1. The summed E-state index contributed by atoms with van der Waals surface area (Å²) in [5, 5.41) is 0. The third kappa shape index (κ3) is 3.40. The van der Waals surface area contributed by atoms with Crippen LogP contribution in [-0.4, -0.2) is 51.7 Å². The summed E-state index contributed by atoms with van der Waals surface area (Å²) >= 11 is 1.46. The van der Waals surface area contributed by atoms with E-state index < -0.39 is 0 Å². The number of carbonyl (C=O) groups is 1. The van der Waals surface area contributed by atoms with Crippen LogP contribution in [0.25, 0.3) is 0 Å². The lowest BCUT2D eigenvalue weighted by molar-refractivity contribution is -0.143. The van der Waals surface area contributed by atoms with Gasteiger partial charge in [-0.25, -0.2) is 14.4 Å². The number of nitrogens with zero attached hydrogens (tertiary/aromatic N) is 4. The largest absolute Gasteiger partial charge is 0.352 e. The van der Waals surface area contributed by atoms with Crippen LogP contribution in [0.15, 0.2) is 35.2 Å². The third-order valence-corrected chi connectivity index (χ3v) is 5.93. The van der Waals surface area contributed by atoms with Gasteiger partial charge in [-0.3, -0.25) is 4.79 Å². The molecule has 2 unspecified atom stereocenters. The van der Waals surface area contributed by atoms with Crippen LogP contribution in [0.5, 0.6) is 0 Å². The zero-order valence-electron chi connectivity index (χ0n) is 14.9. The Balaban J connectivity index is 1.36. The predicted octanol–water partition coefficient (Wildman–Crippen LogP) is 2.81. The quantitative estimate of drug-likeness (QED) is 0.773. The minimum atomic E-state index is -0.256. The Hall–Kier alpha value is -2.15. The first-order valence-electron chi connectivity index (χ1n) is 8.76. The number of amides is 1. The van der Waals surface area contributed by atoms with Gasteiger partial charge < -0.3 is 9.80 Å². The fraction of sp³-hybridized carbons (Fsp3) is 0.421. The molecule has 3 aliphatic rings. The second-order valence-corrected chi connectivity index (χ2v) is 7.96. The van der Waals surface area contributed by atoms with Crippen molar-refractivity contribution < 1.29 is 9.18 Å². The van der Waals surface area contributed by atoms with Crippen molar-refractivity contribution >= 4 is 23.5 Å². The van der Waals surface area contributed by atoms with Gasteiger partial charge in [-0.2, -0.15) is 0 Å². The summed E-state index contributed by atoms with van der Waals surface area (Å²) in [6.45, 7) is 5.52. The lowest BCUT2D eigenvalue weighted by Gasteiger charge is -2.56. The third-order valence-electron chi connectivity index (χ3n) is 4.93. The van der Waals surface area contributed by atoms with Crippen molar-refractivity contribution in [2.45, 2.75) is 37.2 Å². The maximum Gasteiger partial charge on any atom is 0.233 e. The van der Waals surface area contributed by atoms with Gasteiger partial charge in [0.15, 0.2) is 0 Å². The highest BCUT2D eigenvalue weighted by atomic mass is 32.2. The Labute approximate surface area is 156 Å². The fourth-order valence-corrected chi connectivity index (χ4v) is 4.58. The van der Waals surface area contributed by atoms with E-state index in [4.69, 9.17) is 0 Å². The number of benzene rings is 1. The summed E-state index contributed by atoms with van der Waals surface area (Å²) in [6, 6.07) is 8.80. The van der Waals surface area contributed by atoms with Crippen molar-refractivity contribution in [2.24, 2.45) is 0 Å².